The molecular formula is C10H10ClN. The highest BCUT2D eigenvalue weighted by atomic mass is 35.5. The maximum Gasteiger partial charge on any atom is 0.121 e. The molecule has 0 aromatic heterocycles. The van der Waals surface area contributed by atoms with Crippen molar-refractivity contribution in [3.05, 3.63) is 35.9 Å². The van der Waals surface area contributed by atoms with Gasteiger partial charge in [-0.15, -0.1) is 0 Å². The summed E-state index contributed by atoms with van der Waals surface area (Å²) >= 11 is 5.95. The van der Waals surface area contributed by atoms with Crippen LogP contribution in [-0.4, -0.2) is 5.50 Å². The molecule has 0 aliphatic carbocycles. The first kappa shape index (κ1) is 7.69. The molecule has 1 unspecified atom stereocenters. The van der Waals surface area contributed by atoms with Gasteiger partial charge in [-0.25, -0.2) is 0 Å². The van der Waals surface area contributed by atoms with Gasteiger partial charge in [-0.3, -0.25) is 0 Å². The van der Waals surface area contributed by atoms with E-state index >= 15 is 0 Å². The predicted octanol–water partition coefficient (Wildman–Crippen LogP) is 3.08. The van der Waals surface area contributed by atoms with Crippen molar-refractivity contribution in [2.45, 2.75) is 12.4 Å². The Balaban J connectivity index is 2.53. The highest BCUT2D eigenvalue weighted by molar-refractivity contribution is 6.23. The third kappa shape index (κ3) is 1.21. The molecule has 1 N–H and O–H groups in total. The summed E-state index contributed by atoms with van der Waals surface area (Å²) in [5.41, 5.74) is 3.54. The predicted molar refractivity (Wildman–Crippen MR) is 53.4 cm³/mol. The van der Waals surface area contributed by atoms with Gasteiger partial charge in [0.2, 0.25) is 0 Å². The Labute approximate surface area is 77.0 Å². The first-order valence-corrected chi connectivity index (χ1v) is 4.39. The third-order valence-electron chi connectivity index (χ3n) is 2.04. The van der Waals surface area contributed by atoms with E-state index in [9.17, 15) is 0 Å². The van der Waals surface area contributed by atoms with Crippen LogP contribution in [-0.2, 0) is 0 Å². The standard InChI is InChI=1S/C10H10ClN/c1-7-6-10(11)12-9-5-3-2-4-8(7)9/h2-6,10,12H,1H3. The molecule has 1 aliphatic rings. The fourth-order valence-electron chi connectivity index (χ4n) is 1.45. The van der Waals surface area contributed by atoms with Gasteiger partial charge in [0, 0.05) is 11.3 Å². The van der Waals surface area contributed by atoms with Gasteiger partial charge in [-0.1, -0.05) is 29.8 Å². The Bertz CT molecular complexity index is 330. The molecule has 0 bridgehead atoms. The molecule has 0 saturated heterocycles. The molecule has 1 aliphatic heterocycles. The lowest BCUT2D eigenvalue weighted by Gasteiger charge is -2.20. The van der Waals surface area contributed by atoms with Crippen molar-refractivity contribution in [3.63, 3.8) is 0 Å². The summed E-state index contributed by atoms with van der Waals surface area (Å²) in [5.74, 6) is 0. The topological polar surface area (TPSA) is 12.0 Å². The molecule has 12 heavy (non-hydrogen) atoms. The highest BCUT2D eigenvalue weighted by Crippen LogP contribution is 2.29. The molecule has 1 atom stereocenters. The molecule has 0 radical (unpaired) electrons. The van der Waals surface area contributed by atoms with Crippen LogP contribution >= 0.6 is 11.6 Å². The summed E-state index contributed by atoms with van der Waals surface area (Å²) in [6.45, 7) is 2.08. The van der Waals surface area contributed by atoms with E-state index in [1.165, 1.54) is 11.1 Å². The van der Waals surface area contributed by atoms with Crippen LogP contribution in [0.15, 0.2) is 30.3 Å². The van der Waals surface area contributed by atoms with Crippen LogP contribution in [0, 0.1) is 0 Å². The summed E-state index contributed by atoms with van der Waals surface area (Å²) in [5, 5.41) is 3.18. The molecule has 0 amide bonds. The van der Waals surface area contributed by atoms with Crippen molar-refractivity contribution in [1.82, 2.24) is 0 Å². The van der Waals surface area contributed by atoms with Crippen LogP contribution in [0.4, 0.5) is 5.69 Å². The lowest BCUT2D eigenvalue weighted by Crippen LogP contribution is -2.14. The SMILES string of the molecule is CC1=CC(Cl)Nc2ccccc21. The summed E-state index contributed by atoms with van der Waals surface area (Å²) in [4.78, 5) is 0. The number of para-hydroxylation sites is 1. The molecule has 2 rings (SSSR count). The molecule has 1 nitrogen and oxygen atoms in total. The maximum absolute atomic E-state index is 5.95. The minimum absolute atomic E-state index is 0.0695. The van der Waals surface area contributed by atoms with Gasteiger partial charge in [0.15, 0.2) is 0 Å². The summed E-state index contributed by atoms with van der Waals surface area (Å²) in [6.07, 6.45) is 2.02. The molecule has 0 fully saturated rings. The lowest BCUT2D eigenvalue weighted by molar-refractivity contribution is 1.20. The van der Waals surface area contributed by atoms with Crippen molar-refractivity contribution in [1.29, 1.82) is 0 Å². The molecular weight excluding hydrogens is 170 g/mol. The minimum atomic E-state index is -0.0695. The normalized spacial score (nSPS) is 20.8. The Morgan fingerprint density at radius 1 is 1.33 bits per heavy atom. The second kappa shape index (κ2) is 2.83. The van der Waals surface area contributed by atoms with Crippen molar-refractivity contribution < 1.29 is 0 Å². The summed E-state index contributed by atoms with van der Waals surface area (Å²) < 4.78 is 0. The number of alkyl halides is 1. The zero-order valence-corrected chi connectivity index (χ0v) is 7.60. The van der Waals surface area contributed by atoms with E-state index in [0.29, 0.717) is 0 Å². The van der Waals surface area contributed by atoms with Gasteiger partial charge in [0.05, 0.1) is 0 Å². The number of anilines is 1. The van der Waals surface area contributed by atoms with E-state index in [-0.39, 0.29) is 5.50 Å². The van der Waals surface area contributed by atoms with Crippen molar-refractivity contribution in [2.24, 2.45) is 0 Å². The van der Waals surface area contributed by atoms with Gasteiger partial charge >= 0.3 is 0 Å². The van der Waals surface area contributed by atoms with E-state index < -0.39 is 0 Å². The molecule has 0 saturated carbocycles. The van der Waals surface area contributed by atoms with Gasteiger partial charge < -0.3 is 5.32 Å². The highest BCUT2D eigenvalue weighted by Gasteiger charge is 2.12. The van der Waals surface area contributed by atoms with E-state index in [0.717, 1.165) is 5.69 Å². The summed E-state index contributed by atoms with van der Waals surface area (Å²) in [6, 6.07) is 8.18. The number of fused-ring (bicyclic) bond motifs is 1. The Hall–Kier alpha value is -0.950. The average molecular weight is 180 g/mol. The lowest BCUT2D eigenvalue weighted by atomic mass is 10.0. The van der Waals surface area contributed by atoms with Crippen molar-refractivity contribution in [3.8, 4) is 0 Å². The van der Waals surface area contributed by atoms with Crippen LogP contribution in [0.3, 0.4) is 0 Å². The molecule has 62 valence electrons. The van der Waals surface area contributed by atoms with Crippen molar-refractivity contribution in [2.75, 3.05) is 5.32 Å². The van der Waals surface area contributed by atoms with E-state index in [2.05, 4.69) is 18.3 Å². The van der Waals surface area contributed by atoms with Gasteiger partial charge in [0.1, 0.15) is 5.50 Å². The Kier molecular flexibility index (Phi) is 1.81. The molecule has 1 heterocycles. The van der Waals surface area contributed by atoms with Crippen LogP contribution in [0.1, 0.15) is 12.5 Å². The van der Waals surface area contributed by atoms with Crippen LogP contribution < -0.4 is 5.32 Å². The van der Waals surface area contributed by atoms with Gasteiger partial charge in [-0.05, 0) is 24.6 Å². The number of rotatable bonds is 0. The molecule has 1 aromatic carbocycles. The Morgan fingerprint density at radius 2 is 2.08 bits per heavy atom. The first-order chi connectivity index (χ1) is 5.77. The largest absolute Gasteiger partial charge is 0.366 e. The monoisotopic (exact) mass is 179 g/mol. The van der Waals surface area contributed by atoms with E-state index in [4.69, 9.17) is 11.6 Å². The number of nitrogens with one attached hydrogen (secondary N) is 1. The molecule has 1 aromatic rings. The number of benzene rings is 1. The second-order valence-electron chi connectivity index (χ2n) is 2.94. The molecule has 0 spiro atoms. The fourth-order valence-corrected chi connectivity index (χ4v) is 1.76. The van der Waals surface area contributed by atoms with Crippen LogP contribution in [0.2, 0.25) is 0 Å². The van der Waals surface area contributed by atoms with Crippen LogP contribution in [0.25, 0.3) is 5.57 Å². The zero-order chi connectivity index (χ0) is 8.55. The first-order valence-electron chi connectivity index (χ1n) is 3.96. The number of allylic oxidation sites excluding steroid dienone is 1. The quantitative estimate of drug-likeness (QED) is 0.477. The third-order valence-corrected chi connectivity index (χ3v) is 2.28. The summed E-state index contributed by atoms with van der Waals surface area (Å²) in [7, 11) is 0. The van der Waals surface area contributed by atoms with E-state index in [1.807, 2.05) is 24.3 Å². The molecule has 2 heteroatoms. The smallest absolute Gasteiger partial charge is 0.121 e. The number of hydrogen-bond donors (Lipinski definition) is 1. The fraction of sp³-hybridized carbons (Fsp3) is 0.200. The number of halogens is 1. The zero-order valence-electron chi connectivity index (χ0n) is 6.84. The van der Waals surface area contributed by atoms with Gasteiger partial charge in [-0.2, -0.15) is 0 Å². The van der Waals surface area contributed by atoms with Crippen LogP contribution in [0.5, 0.6) is 0 Å². The minimum Gasteiger partial charge on any atom is -0.366 e. The average Bonchev–Trinajstić information content (AvgIpc) is 2.04. The number of hydrogen-bond acceptors (Lipinski definition) is 1. The maximum atomic E-state index is 5.95. The van der Waals surface area contributed by atoms with Gasteiger partial charge in [0.25, 0.3) is 0 Å². The van der Waals surface area contributed by atoms with E-state index in [1.54, 1.807) is 0 Å². The second-order valence-corrected chi connectivity index (χ2v) is 3.41. The van der Waals surface area contributed by atoms with Crippen molar-refractivity contribution >= 4 is 22.9 Å². The Morgan fingerprint density at radius 3 is 2.92 bits per heavy atom.